The van der Waals surface area contributed by atoms with E-state index in [1.54, 1.807) is 56.3 Å². The van der Waals surface area contributed by atoms with Crippen molar-refractivity contribution in [3.63, 3.8) is 0 Å². The maximum Gasteiger partial charge on any atom is 0.280 e. The van der Waals surface area contributed by atoms with Crippen LogP contribution >= 0.6 is 23.2 Å². The van der Waals surface area contributed by atoms with Gasteiger partial charge >= 0.3 is 0 Å². The highest BCUT2D eigenvalue weighted by Gasteiger charge is 2.16. The molecule has 3 rings (SSSR count). The van der Waals surface area contributed by atoms with Crippen molar-refractivity contribution in [2.24, 2.45) is 5.10 Å². The summed E-state index contributed by atoms with van der Waals surface area (Å²) in [4.78, 5) is 25.0. The molecular weight excluding hydrogens is 401 g/mol. The second kappa shape index (κ2) is 7.92. The van der Waals surface area contributed by atoms with Gasteiger partial charge in [-0.3, -0.25) is 14.7 Å². The summed E-state index contributed by atoms with van der Waals surface area (Å²) in [6, 6.07) is 11.3. The number of amides is 1. The summed E-state index contributed by atoms with van der Waals surface area (Å²) in [5.74, 6) is -0.405. The number of halogens is 2. The summed E-state index contributed by atoms with van der Waals surface area (Å²) in [5.41, 5.74) is 10.5. The number of nitrogen functional groups attached to an aromatic ring is 1. The van der Waals surface area contributed by atoms with Crippen LogP contribution in [-0.2, 0) is 0 Å². The Morgan fingerprint density at radius 3 is 2.46 bits per heavy atom. The van der Waals surface area contributed by atoms with Crippen molar-refractivity contribution in [2.45, 2.75) is 13.8 Å². The molecule has 1 aromatic heterocycles. The number of carbonyl (C=O) groups is 1. The van der Waals surface area contributed by atoms with Gasteiger partial charge in [-0.2, -0.15) is 5.10 Å². The molecule has 0 fully saturated rings. The molecule has 0 spiro atoms. The monoisotopic (exact) mass is 417 g/mol. The molecule has 4 N–H and O–H groups in total. The zero-order valence-corrected chi connectivity index (χ0v) is 16.6. The molecule has 1 heterocycles. The predicted octanol–water partition coefficient (Wildman–Crippen LogP) is 3.52. The number of hydrazone groups is 1. The number of benzene rings is 2. The molecule has 144 valence electrons. The number of nitrogens with one attached hydrogen (secondary N) is 2. The van der Waals surface area contributed by atoms with Crippen molar-refractivity contribution in [3.05, 3.63) is 79.7 Å². The van der Waals surface area contributed by atoms with Crippen molar-refractivity contribution in [2.75, 3.05) is 5.73 Å². The minimum Gasteiger partial charge on any atom is -0.399 e. The Labute approximate surface area is 170 Å². The van der Waals surface area contributed by atoms with E-state index in [1.807, 2.05) is 0 Å². The number of aryl methyl sites for hydroxylation is 1. The number of aromatic amines is 1. The Morgan fingerprint density at radius 1 is 1.14 bits per heavy atom. The summed E-state index contributed by atoms with van der Waals surface area (Å²) < 4.78 is 1.34. The van der Waals surface area contributed by atoms with Gasteiger partial charge in [0.25, 0.3) is 11.5 Å². The van der Waals surface area contributed by atoms with Crippen LogP contribution < -0.4 is 16.7 Å². The van der Waals surface area contributed by atoms with E-state index >= 15 is 0 Å². The molecular formula is C19H17Cl2N5O2. The van der Waals surface area contributed by atoms with Crippen LogP contribution in [0.5, 0.6) is 0 Å². The standard InChI is InChI=1S/C19H17Cl2N5O2/c1-10(23-24-18(27)12-3-5-13(22)6-4-12)17-11(2)25-26(19(17)28)14-7-8-15(20)16(21)9-14/h3-9,25H,22H2,1-2H3,(H,24,27)/b23-10-. The number of carbonyl (C=O) groups excluding carboxylic acids is 1. The molecule has 0 unspecified atom stereocenters. The highest BCUT2D eigenvalue weighted by Crippen LogP contribution is 2.24. The number of nitrogens with two attached hydrogens (primary N) is 1. The first-order valence-electron chi connectivity index (χ1n) is 8.25. The quantitative estimate of drug-likeness (QED) is 0.343. The van der Waals surface area contributed by atoms with Gasteiger partial charge in [-0.15, -0.1) is 0 Å². The number of hydrogen-bond donors (Lipinski definition) is 3. The number of rotatable bonds is 4. The van der Waals surface area contributed by atoms with Crippen molar-refractivity contribution in [1.82, 2.24) is 15.2 Å². The maximum atomic E-state index is 12.8. The molecule has 0 bridgehead atoms. The molecule has 1 amide bonds. The lowest BCUT2D eigenvalue weighted by Gasteiger charge is -2.03. The van der Waals surface area contributed by atoms with Crippen LogP contribution in [0.2, 0.25) is 10.0 Å². The molecule has 0 saturated heterocycles. The van der Waals surface area contributed by atoms with E-state index in [4.69, 9.17) is 28.9 Å². The Hall–Kier alpha value is -3.03. The Kier molecular flexibility index (Phi) is 5.58. The van der Waals surface area contributed by atoms with Gasteiger partial charge < -0.3 is 5.73 Å². The normalized spacial score (nSPS) is 11.5. The third-order valence-electron chi connectivity index (χ3n) is 4.09. The fraction of sp³-hybridized carbons (Fsp3) is 0.105. The SMILES string of the molecule is C/C(=N/NC(=O)c1ccc(N)cc1)c1c(C)[nH]n(-c2ccc(Cl)c(Cl)c2)c1=O. The molecule has 9 heteroatoms. The van der Waals surface area contributed by atoms with Crippen LogP contribution in [0.1, 0.15) is 28.5 Å². The Morgan fingerprint density at radius 2 is 1.82 bits per heavy atom. The van der Waals surface area contributed by atoms with Crippen LogP contribution in [0.25, 0.3) is 5.69 Å². The van der Waals surface area contributed by atoms with Gasteiger partial charge in [-0.1, -0.05) is 23.2 Å². The largest absolute Gasteiger partial charge is 0.399 e. The predicted molar refractivity (Wildman–Crippen MR) is 112 cm³/mol. The lowest BCUT2D eigenvalue weighted by Crippen LogP contribution is -2.23. The first-order chi connectivity index (χ1) is 13.3. The Balaban J connectivity index is 1.88. The lowest BCUT2D eigenvalue weighted by atomic mass is 10.2. The van der Waals surface area contributed by atoms with Crippen LogP contribution in [0.4, 0.5) is 5.69 Å². The first-order valence-corrected chi connectivity index (χ1v) is 9.01. The van der Waals surface area contributed by atoms with Crippen LogP contribution in [-0.4, -0.2) is 21.4 Å². The highest BCUT2D eigenvalue weighted by molar-refractivity contribution is 6.42. The van der Waals surface area contributed by atoms with Gasteiger partial charge in [0.1, 0.15) is 0 Å². The first kappa shape index (κ1) is 19.7. The van der Waals surface area contributed by atoms with Gasteiger partial charge in [0.2, 0.25) is 0 Å². The second-order valence-electron chi connectivity index (χ2n) is 6.11. The lowest BCUT2D eigenvalue weighted by molar-refractivity contribution is 0.0955. The van der Waals surface area contributed by atoms with Crippen molar-refractivity contribution in [3.8, 4) is 5.69 Å². The summed E-state index contributed by atoms with van der Waals surface area (Å²) >= 11 is 12.0. The summed E-state index contributed by atoms with van der Waals surface area (Å²) in [7, 11) is 0. The van der Waals surface area contributed by atoms with E-state index in [-0.39, 0.29) is 5.56 Å². The molecule has 7 nitrogen and oxygen atoms in total. The molecule has 2 aromatic carbocycles. The smallest absolute Gasteiger partial charge is 0.280 e. The van der Waals surface area contributed by atoms with Crippen LogP contribution in [0.3, 0.4) is 0 Å². The van der Waals surface area contributed by atoms with Crippen LogP contribution in [0, 0.1) is 6.92 Å². The fourth-order valence-corrected chi connectivity index (χ4v) is 2.96. The molecule has 28 heavy (non-hydrogen) atoms. The van der Waals surface area contributed by atoms with E-state index < -0.39 is 5.91 Å². The molecule has 0 aliphatic carbocycles. The minimum absolute atomic E-state index is 0.320. The Bertz CT molecular complexity index is 1130. The number of hydrogen-bond acceptors (Lipinski definition) is 4. The van der Waals surface area contributed by atoms with Crippen molar-refractivity contribution in [1.29, 1.82) is 0 Å². The van der Waals surface area contributed by atoms with Gasteiger partial charge in [0.05, 0.1) is 27.0 Å². The van der Waals surface area contributed by atoms with Crippen molar-refractivity contribution >= 4 is 40.5 Å². The van der Waals surface area contributed by atoms with Gasteiger partial charge in [-0.05, 0) is 56.3 Å². The highest BCUT2D eigenvalue weighted by atomic mass is 35.5. The topological polar surface area (TPSA) is 105 Å². The van der Waals surface area contributed by atoms with E-state index in [2.05, 4.69) is 15.6 Å². The average molecular weight is 418 g/mol. The number of H-pyrrole nitrogens is 1. The van der Waals surface area contributed by atoms with Crippen molar-refractivity contribution < 1.29 is 4.79 Å². The molecule has 0 saturated carbocycles. The van der Waals surface area contributed by atoms with Gasteiger partial charge in [0, 0.05) is 16.9 Å². The molecule has 0 radical (unpaired) electrons. The summed E-state index contributed by atoms with van der Waals surface area (Å²) in [5, 5.41) is 7.76. The molecule has 3 aromatic rings. The van der Waals surface area contributed by atoms with E-state index in [9.17, 15) is 9.59 Å². The third kappa shape index (κ3) is 3.95. The van der Waals surface area contributed by atoms with E-state index in [0.29, 0.717) is 44.0 Å². The molecule has 0 aliphatic rings. The van der Waals surface area contributed by atoms with E-state index in [1.165, 1.54) is 4.68 Å². The zero-order valence-electron chi connectivity index (χ0n) is 15.1. The van der Waals surface area contributed by atoms with E-state index in [0.717, 1.165) is 0 Å². The third-order valence-corrected chi connectivity index (χ3v) is 4.83. The van der Waals surface area contributed by atoms with Crippen LogP contribution in [0.15, 0.2) is 52.4 Å². The number of nitrogens with zero attached hydrogens (tertiary/aromatic N) is 2. The average Bonchev–Trinajstić information content (AvgIpc) is 2.96. The zero-order chi connectivity index (χ0) is 20.4. The minimum atomic E-state index is -0.405. The summed E-state index contributed by atoms with van der Waals surface area (Å²) in [6.45, 7) is 3.38. The number of aromatic nitrogens is 2. The fourth-order valence-electron chi connectivity index (χ4n) is 2.67. The number of anilines is 1. The maximum absolute atomic E-state index is 12.8. The molecule has 0 aliphatic heterocycles. The second-order valence-corrected chi connectivity index (χ2v) is 6.93. The van der Waals surface area contributed by atoms with Gasteiger partial charge in [-0.25, -0.2) is 10.1 Å². The summed E-state index contributed by atoms with van der Waals surface area (Å²) in [6.07, 6.45) is 0. The van der Waals surface area contributed by atoms with Gasteiger partial charge in [0.15, 0.2) is 0 Å². The molecule has 0 atom stereocenters.